The van der Waals surface area contributed by atoms with Crippen LogP contribution in [0.15, 0.2) is 24.3 Å². The normalized spacial score (nSPS) is 25.4. The second-order valence-corrected chi connectivity index (χ2v) is 8.31. The van der Waals surface area contributed by atoms with Gasteiger partial charge in [0, 0.05) is 26.2 Å². The van der Waals surface area contributed by atoms with Crippen LogP contribution in [0.5, 0.6) is 0 Å². The fraction of sp³-hybridized carbons (Fsp3) is 0.647. The summed E-state index contributed by atoms with van der Waals surface area (Å²) in [5.41, 5.74) is 2.33. The lowest BCUT2D eigenvalue weighted by Gasteiger charge is -2.36. The molecule has 1 aromatic carbocycles. The number of aryl methyl sites for hydroxylation is 1. The molecule has 2 aliphatic heterocycles. The van der Waals surface area contributed by atoms with E-state index in [2.05, 4.69) is 36.5 Å². The van der Waals surface area contributed by atoms with E-state index in [1.165, 1.54) is 5.56 Å². The highest BCUT2D eigenvalue weighted by atomic mass is 35.5. The van der Waals surface area contributed by atoms with Gasteiger partial charge < -0.3 is 10.1 Å². The monoisotopic (exact) mass is 374 g/mol. The maximum Gasteiger partial charge on any atom is 0.217 e. The minimum absolute atomic E-state index is 0. The third kappa shape index (κ3) is 4.49. The van der Waals surface area contributed by atoms with Crippen LogP contribution < -0.4 is 5.32 Å². The van der Waals surface area contributed by atoms with Crippen molar-refractivity contribution in [1.29, 1.82) is 0 Å². The van der Waals surface area contributed by atoms with E-state index in [1.54, 1.807) is 4.31 Å². The fourth-order valence-corrected chi connectivity index (χ4v) is 5.26. The van der Waals surface area contributed by atoms with E-state index >= 15 is 0 Å². The van der Waals surface area contributed by atoms with Crippen LogP contribution in [0.1, 0.15) is 36.9 Å². The van der Waals surface area contributed by atoms with Crippen molar-refractivity contribution in [2.24, 2.45) is 0 Å². The summed E-state index contributed by atoms with van der Waals surface area (Å²) in [7, 11) is -3.31. The van der Waals surface area contributed by atoms with Crippen molar-refractivity contribution in [2.75, 3.05) is 32.0 Å². The predicted molar refractivity (Wildman–Crippen MR) is 98.1 cm³/mol. The Hall–Kier alpha value is -0.660. The van der Waals surface area contributed by atoms with E-state index in [0.717, 1.165) is 24.8 Å². The fourth-order valence-electron chi connectivity index (χ4n) is 3.38. The number of piperazine rings is 1. The van der Waals surface area contributed by atoms with Gasteiger partial charge in [-0.3, -0.25) is 0 Å². The molecule has 1 N–H and O–H groups in total. The van der Waals surface area contributed by atoms with Crippen LogP contribution in [0.3, 0.4) is 0 Å². The molecule has 0 saturated carbocycles. The average molecular weight is 375 g/mol. The van der Waals surface area contributed by atoms with Crippen LogP contribution in [-0.2, 0) is 21.2 Å². The molecule has 2 unspecified atom stereocenters. The second-order valence-electron chi connectivity index (χ2n) is 6.34. The molecule has 2 fully saturated rings. The Balaban J connectivity index is 0.00000208. The minimum atomic E-state index is -3.31. The molecular weight excluding hydrogens is 348 g/mol. The molecule has 0 bridgehead atoms. The largest absolute Gasteiger partial charge is 0.377 e. The Morgan fingerprint density at radius 1 is 1.29 bits per heavy atom. The van der Waals surface area contributed by atoms with Crippen LogP contribution in [0.25, 0.3) is 0 Å². The number of ether oxygens (including phenoxy) is 1. The Kier molecular flexibility index (Phi) is 7.07. The zero-order chi connectivity index (χ0) is 16.3. The van der Waals surface area contributed by atoms with E-state index in [4.69, 9.17) is 4.74 Å². The van der Waals surface area contributed by atoms with Crippen molar-refractivity contribution in [3.05, 3.63) is 35.4 Å². The van der Waals surface area contributed by atoms with Gasteiger partial charge in [0.25, 0.3) is 0 Å². The maximum atomic E-state index is 12.9. The predicted octanol–water partition coefficient (Wildman–Crippen LogP) is 2.13. The summed E-state index contributed by atoms with van der Waals surface area (Å²) >= 11 is 0. The van der Waals surface area contributed by atoms with Gasteiger partial charge in [0.05, 0.1) is 17.9 Å². The molecular formula is C17H27ClN2O3S. The number of benzene rings is 1. The third-order valence-electron chi connectivity index (χ3n) is 4.74. The molecule has 0 amide bonds. The topological polar surface area (TPSA) is 58.6 Å². The van der Waals surface area contributed by atoms with Crippen molar-refractivity contribution < 1.29 is 13.2 Å². The van der Waals surface area contributed by atoms with Crippen LogP contribution in [-0.4, -0.2) is 50.8 Å². The van der Waals surface area contributed by atoms with Crippen molar-refractivity contribution in [1.82, 2.24) is 9.62 Å². The summed E-state index contributed by atoms with van der Waals surface area (Å²) in [6.07, 6.45) is 2.66. The SMILES string of the molecule is CCc1ccc(C2CNCCN2S(=O)(=O)CC2CCCO2)cc1.Cl. The quantitative estimate of drug-likeness (QED) is 0.857. The lowest BCUT2D eigenvalue weighted by molar-refractivity contribution is 0.125. The van der Waals surface area contributed by atoms with Gasteiger partial charge in [-0.1, -0.05) is 31.2 Å². The molecule has 2 heterocycles. The van der Waals surface area contributed by atoms with Gasteiger partial charge in [-0.15, -0.1) is 12.4 Å². The van der Waals surface area contributed by atoms with Crippen molar-refractivity contribution in [3.8, 4) is 0 Å². The summed E-state index contributed by atoms with van der Waals surface area (Å²) in [6.45, 7) is 4.69. The molecule has 0 radical (unpaired) electrons. The first-order valence-corrected chi connectivity index (χ1v) is 10.1. The molecule has 0 aliphatic carbocycles. The van der Waals surface area contributed by atoms with E-state index in [1.807, 2.05) is 0 Å². The van der Waals surface area contributed by atoms with Crippen LogP contribution in [0.2, 0.25) is 0 Å². The number of rotatable bonds is 5. The molecule has 7 heteroatoms. The van der Waals surface area contributed by atoms with Crippen molar-refractivity contribution in [3.63, 3.8) is 0 Å². The summed E-state index contributed by atoms with van der Waals surface area (Å²) < 4.78 is 32.9. The lowest BCUT2D eigenvalue weighted by atomic mass is 10.0. The standard InChI is InChI=1S/C17H26N2O3S.ClH/c1-2-14-5-7-15(8-6-14)17-12-18-9-10-19(17)23(20,21)13-16-4-3-11-22-16;/h5-8,16-18H,2-4,9-13H2,1H3;1H. The van der Waals surface area contributed by atoms with Crippen LogP contribution >= 0.6 is 12.4 Å². The van der Waals surface area contributed by atoms with Gasteiger partial charge in [0.15, 0.2) is 0 Å². The number of hydrogen-bond donors (Lipinski definition) is 1. The molecule has 0 spiro atoms. The summed E-state index contributed by atoms with van der Waals surface area (Å²) in [5.74, 6) is 0.108. The number of nitrogens with one attached hydrogen (secondary N) is 1. The zero-order valence-corrected chi connectivity index (χ0v) is 15.7. The Morgan fingerprint density at radius 2 is 2.04 bits per heavy atom. The molecule has 0 aromatic heterocycles. The molecule has 3 rings (SSSR count). The first kappa shape index (κ1) is 19.7. The van der Waals surface area contributed by atoms with E-state index in [0.29, 0.717) is 26.2 Å². The molecule has 2 atom stereocenters. The van der Waals surface area contributed by atoms with Gasteiger partial charge in [-0.05, 0) is 30.4 Å². The van der Waals surface area contributed by atoms with E-state index in [-0.39, 0.29) is 30.3 Å². The Bertz CT molecular complexity index is 615. The van der Waals surface area contributed by atoms with E-state index < -0.39 is 10.0 Å². The summed E-state index contributed by atoms with van der Waals surface area (Å²) in [6, 6.07) is 8.18. The molecule has 136 valence electrons. The van der Waals surface area contributed by atoms with Gasteiger partial charge in [-0.2, -0.15) is 4.31 Å². The van der Waals surface area contributed by atoms with Gasteiger partial charge >= 0.3 is 0 Å². The smallest absolute Gasteiger partial charge is 0.217 e. The highest BCUT2D eigenvalue weighted by Crippen LogP contribution is 2.27. The third-order valence-corrected chi connectivity index (χ3v) is 6.69. The maximum absolute atomic E-state index is 12.9. The van der Waals surface area contributed by atoms with Gasteiger partial charge in [-0.25, -0.2) is 8.42 Å². The highest BCUT2D eigenvalue weighted by molar-refractivity contribution is 7.89. The number of nitrogens with zero attached hydrogens (tertiary/aromatic N) is 1. The van der Waals surface area contributed by atoms with E-state index in [9.17, 15) is 8.42 Å². The molecule has 1 aromatic rings. The minimum Gasteiger partial charge on any atom is -0.377 e. The summed E-state index contributed by atoms with van der Waals surface area (Å²) in [5, 5.41) is 3.32. The molecule has 2 aliphatic rings. The average Bonchev–Trinajstić information content (AvgIpc) is 3.07. The summed E-state index contributed by atoms with van der Waals surface area (Å²) in [4.78, 5) is 0. The van der Waals surface area contributed by atoms with Gasteiger partial charge in [0.1, 0.15) is 0 Å². The number of sulfonamides is 1. The Morgan fingerprint density at radius 3 is 2.67 bits per heavy atom. The second kappa shape index (κ2) is 8.63. The molecule has 24 heavy (non-hydrogen) atoms. The lowest BCUT2D eigenvalue weighted by Crippen LogP contribution is -2.50. The Labute approximate surface area is 151 Å². The molecule has 2 saturated heterocycles. The number of halogens is 1. The highest BCUT2D eigenvalue weighted by Gasteiger charge is 2.35. The number of hydrogen-bond acceptors (Lipinski definition) is 4. The van der Waals surface area contributed by atoms with Crippen molar-refractivity contribution >= 4 is 22.4 Å². The zero-order valence-electron chi connectivity index (χ0n) is 14.1. The van der Waals surface area contributed by atoms with Crippen LogP contribution in [0.4, 0.5) is 0 Å². The van der Waals surface area contributed by atoms with Gasteiger partial charge in [0.2, 0.25) is 10.0 Å². The first-order valence-electron chi connectivity index (χ1n) is 8.51. The first-order chi connectivity index (χ1) is 11.1. The van der Waals surface area contributed by atoms with Crippen LogP contribution in [0, 0.1) is 0 Å². The van der Waals surface area contributed by atoms with Crippen molar-refractivity contribution in [2.45, 2.75) is 38.3 Å². The molecule has 5 nitrogen and oxygen atoms in total.